The van der Waals surface area contributed by atoms with Crippen LogP contribution >= 0.6 is 0 Å². The molecule has 1 saturated heterocycles. The van der Waals surface area contributed by atoms with Crippen LogP contribution in [0.2, 0.25) is 0 Å². The molecule has 4 rings (SSSR count). The lowest BCUT2D eigenvalue weighted by Gasteiger charge is -2.44. The zero-order valence-corrected chi connectivity index (χ0v) is 14.6. The summed E-state index contributed by atoms with van der Waals surface area (Å²) in [6, 6.07) is 0. The minimum absolute atomic E-state index is 0.0586. The second-order valence-corrected chi connectivity index (χ2v) is 9.58. The molecule has 2 fully saturated rings. The molecule has 1 spiro atoms. The zero-order chi connectivity index (χ0) is 16.8. The average molecular weight is 353 g/mol. The van der Waals surface area contributed by atoms with Gasteiger partial charge in [0.2, 0.25) is 5.88 Å². The maximum absolute atomic E-state index is 13.0. The SMILES string of the molecule is O=C(c1cnn2c1OCCC2)N1CCS(=O)(=O)C2(CCCCC2)C1. The van der Waals surface area contributed by atoms with Gasteiger partial charge in [0, 0.05) is 26.1 Å². The van der Waals surface area contributed by atoms with Crippen LogP contribution in [0, 0.1) is 0 Å². The van der Waals surface area contributed by atoms with E-state index in [9.17, 15) is 13.2 Å². The van der Waals surface area contributed by atoms with Crippen molar-refractivity contribution in [3.05, 3.63) is 11.8 Å². The molecule has 132 valence electrons. The summed E-state index contributed by atoms with van der Waals surface area (Å²) in [6.07, 6.45) is 6.70. The van der Waals surface area contributed by atoms with Crippen molar-refractivity contribution in [1.82, 2.24) is 14.7 Å². The number of carbonyl (C=O) groups excluding carboxylic acids is 1. The van der Waals surface area contributed by atoms with Gasteiger partial charge in [-0.1, -0.05) is 19.3 Å². The Hall–Kier alpha value is -1.57. The van der Waals surface area contributed by atoms with Gasteiger partial charge in [-0.3, -0.25) is 4.79 Å². The summed E-state index contributed by atoms with van der Waals surface area (Å²) < 4.78 is 31.9. The molecule has 1 amide bonds. The number of hydrogen-bond acceptors (Lipinski definition) is 5. The zero-order valence-electron chi connectivity index (χ0n) is 13.7. The van der Waals surface area contributed by atoms with Gasteiger partial charge < -0.3 is 9.64 Å². The number of sulfone groups is 1. The Balaban J connectivity index is 1.61. The summed E-state index contributed by atoms with van der Waals surface area (Å²) in [5.41, 5.74) is 0.458. The number of aryl methyl sites for hydroxylation is 1. The first-order valence-corrected chi connectivity index (χ1v) is 10.4. The molecule has 1 aromatic heterocycles. The summed E-state index contributed by atoms with van der Waals surface area (Å²) in [4.78, 5) is 14.7. The van der Waals surface area contributed by atoms with Crippen molar-refractivity contribution in [2.45, 2.75) is 49.8 Å². The Labute approximate surface area is 141 Å². The maximum atomic E-state index is 13.0. The van der Waals surface area contributed by atoms with Crippen LogP contribution in [0.4, 0.5) is 0 Å². The van der Waals surface area contributed by atoms with E-state index in [2.05, 4.69) is 5.10 Å². The van der Waals surface area contributed by atoms with Crippen molar-refractivity contribution in [3.8, 4) is 5.88 Å². The van der Waals surface area contributed by atoms with Crippen molar-refractivity contribution in [1.29, 1.82) is 0 Å². The third-order valence-corrected chi connectivity index (χ3v) is 8.17. The first-order chi connectivity index (χ1) is 11.5. The fourth-order valence-corrected chi connectivity index (χ4v) is 6.35. The number of amides is 1. The van der Waals surface area contributed by atoms with Gasteiger partial charge >= 0.3 is 0 Å². The number of carbonyl (C=O) groups is 1. The second-order valence-electron chi connectivity index (χ2n) is 7.08. The Morgan fingerprint density at radius 2 is 1.96 bits per heavy atom. The van der Waals surface area contributed by atoms with E-state index in [4.69, 9.17) is 4.74 Å². The predicted molar refractivity (Wildman–Crippen MR) is 87.8 cm³/mol. The predicted octanol–water partition coefficient (Wildman–Crippen LogP) is 1.24. The van der Waals surface area contributed by atoms with Crippen LogP contribution in [0.3, 0.4) is 0 Å². The van der Waals surface area contributed by atoms with Crippen molar-refractivity contribution < 1.29 is 17.9 Å². The largest absolute Gasteiger partial charge is 0.477 e. The molecule has 8 heteroatoms. The van der Waals surface area contributed by atoms with Gasteiger partial charge in [-0.05, 0) is 12.8 Å². The van der Waals surface area contributed by atoms with Gasteiger partial charge in [0.05, 0.1) is 23.3 Å². The highest BCUT2D eigenvalue weighted by Crippen LogP contribution is 2.39. The lowest BCUT2D eigenvalue weighted by Crippen LogP contribution is -2.58. The first-order valence-electron chi connectivity index (χ1n) is 8.73. The van der Waals surface area contributed by atoms with Gasteiger partial charge in [-0.25, -0.2) is 13.1 Å². The molecule has 1 saturated carbocycles. The van der Waals surface area contributed by atoms with Crippen molar-refractivity contribution in [2.75, 3.05) is 25.4 Å². The molecule has 0 unspecified atom stereocenters. The quantitative estimate of drug-likeness (QED) is 0.759. The lowest BCUT2D eigenvalue weighted by molar-refractivity contribution is 0.0716. The highest BCUT2D eigenvalue weighted by molar-refractivity contribution is 7.92. The molecule has 0 aromatic carbocycles. The average Bonchev–Trinajstić information content (AvgIpc) is 3.02. The molecule has 3 aliphatic rings. The molecule has 0 N–H and O–H groups in total. The van der Waals surface area contributed by atoms with Crippen LogP contribution in [0.25, 0.3) is 0 Å². The Morgan fingerprint density at radius 3 is 2.75 bits per heavy atom. The monoisotopic (exact) mass is 353 g/mol. The summed E-state index contributed by atoms with van der Waals surface area (Å²) in [5.74, 6) is 0.429. The summed E-state index contributed by atoms with van der Waals surface area (Å²) >= 11 is 0. The van der Waals surface area contributed by atoms with E-state index in [1.165, 1.54) is 0 Å². The standard InChI is InChI=1S/C16H23N3O4S/c20-14(13-11-17-19-7-4-9-23-15(13)19)18-8-10-24(21,22)16(12-18)5-2-1-3-6-16/h11H,1-10,12H2. The van der Waals surface area contributed by atoms with E-state index in [0.29, 0.717) is 37.4 Å². The second kappa shape index (κ2) is 5.75. The normalized spacial score (nSPS) is 25.1. The molecular formula is C16H23N3O4S. The molecule has 1 aromatic rings. The van der Waals surface area contributed by atoms with Gasteiger partial charge in [-0.2, -0.15) is 5.10 Å². The fourth-order valence-electron chi connectivity index (χ4n) is 4.20. The van der Waals surface area contributed by atoms with Crippen molar-refractivity contribution in [3.63, 3.8) is 0 Å². The fraction of sp³-hybridized carbons (Fsp3) is 0.750. The number of nitrogens with zero attached hydrogens (tertiary/aromatic N) is 3. The molecular weight excluding hydrogens is 330 g/mol. The Morgan fingerprint density at radius 1 is 1.17 bits per heavy atom. The van der Waals surface area contributed by atoms with Crippen LogP contribution in [-0.2, 0) is 16.4 Å². The molecule has 1 aliphatic carbocycles. The van der Waals surface area contributed by atoms with Crippen LogP contribution in [-0.4, -0.2) is 59.2 Å². The Kier molecular flexibility index (Phi) is 3.82. The minimum Gasteiger partial charge on any atom is -0.477 e. The lowest BCUT2D eigenvalue weighted by atomic mass is 9.87. The topological polar surface area (TPSA) is 81.5 Å². The van der Waals surface area contributed by atoms with E-state index in [1.807, 2.05) is 0 Å². The van der Waals surface area contributed by atoms with Gasteiger partial charge in [0.1, 0.15) is 5.56 Å². The highest BCUT2D eigenvalue weighted by Gasteiger charge is 2.49. The van der Waals surface area contributed by atoms with E-state index in [-0.39, 0.29) is 18.2 Å². The number of rotatable bonds is 1. The van der Waals surface area contributed by atoms with E-state index >= 15 is 0 Å². The van der Waals surface area contributed by atoms with E-state index in [1.54, 1.807) is 15.8 Å². The van der Waals surface area contributed by atoms with Crippen molar-refractivity contribution in [2.24, 2.45) is 0 Å². The smallest absolute Gasteiger partial charge is 0.261 e. The number of hydrogen-bond donors (Lipinski definition) is 0. The van der Waals surface area contributed by atoms with Gasteiger partial charge in [0.25, 0.3) is 5.91 Å². The van der Waals surface area contributed by atoms with E-state index < -0.39 is 14.6 Å². The third kappa shape index (κ3) is 2.42. The molecule has 2 aliphatic heterocycles. The number of fused-ring (bicyclic) bond motifs is 1. The van der Waals surface area contributed by atoms with Crippen LogP contribution in [0.15, 0.2) is 6.20 Å². The summed E-state index contributed by atoms with van der Waals surface area (Å²) in [7, 11) is -3.14. The Bertz CT molecular complexity index is 749. The minimum atomic E-state index is -3.14. The summed E-state index contributed by atoms with van der Waals surface area (Å²) in [6.45, 7) is 1.90. The molecule has 24 heavy (non-hydrogen) atoms. The van der Waals surface area contributed by atoms with Gasteiger partial charge in [-0.15, -0.1) is 0 Å². The van der Waals surface area contributed by atoms with Crippen LogP contribution in [0.1, 0.15) is 48.9 Å². The van der Waals surface area contributed by atoms with Crippen LogP contribution < -0.4 is 4.74 Å². The van der Waals surface area contributed by atoms with Gasteiger partial charge in [0.15, 0.2) is 9.84 Å². The molecule has 0 radical (unpaired) electrons. The number of ether oxygens (including phenoxy) is 1. The van der Waals surface area contributed by atoms with Crippen molar-refractivity contribution >= 4 is 15.7 Å². The number of aromatic nitrogens is 2. The molecule has 3 heterocycles. The highest BCUT2D eigenvalue weighted by atomic mass is 32.2. The first kappa shape index (κ1) is 15.9. The summed E-state index contributed by atoms with van der Waals surface area (Å²) in [5, 5.41) is 4.23. The van der Waals surface area contributed by atoms with E-state index in [0.717, 1.165) is 32.2 Å². The molecule has 0 atom stereocenters. The third-order valence-electron chi connectivity index (χ3n) is 5.60. The maximum Gasteiger partial charge on any atom is 0.261 e. The van der Waals surface area contributed by atoms with Crippen LogP contribution in [0.5, 0.6) is 5.88 Å². The molecule has 0 bridgehead atoms. The molecule has 7 nitrogen and oxygen atoms in total.